The van der Waals surface area contributed by atoms with Crippen LogP contribution in [0, 0.1) is 0 Å². The van der Waals surface area contributed by atoms with Gasteiger partial charge in [-0.25, -0.2) is 0 Å². The molecule has 2 N–H and O–H groups in total. The predicted octanol–water partition coefficient (Wildman–Crippen LogP) is 2.56. The largest absolute Gasteiger partial charge is 0.497 e. The molecule has 1 aromatic heterocycles. The molecule has 2 rings (SSSR count). The first-order chi connectivity index (χ1) is 12.0. The Morgan fingerprint density at radius 3 is 2.64 bits per heavy atom. The summed E-state index contributed by atoms with van der Waals surface area (Å²) >= 11 is 0. The third-order valence-electron chi connectivity index (χ3n) is 3.71. The summed E-state index contributed by atoms with van der Waals surface area (Å²) in [5.74, 6) is 0.456. The van der Waals surface area contributed by atoms with Gasteiger partial charge in [0.2, 0.25) is 5.91 Å². The highest BCUT2D eigenvalue weighted by molar-refractivity contribution is 5.78. The molecule has 0 fully saturated rings. The number of furan rings is 1. The Bertz CT molecular complexity index is 710. The van der Waals surface area contributed by atoms with Crippen molar-refractivity contribution in [2.24, 2.45) is 0 Å². The molecule has 7 heteroatoms. The van der Waals surface area contributed by atoms with Gasteiger partial charge in [0, 0.05) is 24.5 Å². The Kier molecular flexibility index (Phi) is 6.45. The molecule has 25 heavy (non-hydrogen) atoms. The van der Waals surface area contributed by atoms with Crippen molar-refractivity contribution < 1.29 is 28.6 Å². The normalized spacial score (nSPS) is 11.6. The Morgan fingerprint density at radius 2 is 2.04 bits per heavy atom. The van der Waals surface area contributed by atoms with Crippen LogP contribution in [-0.2, 0) is 16.0 Å². The van der Waals surface area contributed by atoms with Crippen molar-refractivity contribution >= 4 is 11.9 Å². The van der Waals surface area contributed by atoms with E-state index in [1.807, 2.05) is 0 Å². The molecule has 2 aromatic rings. The van der Waals surface area contributed by atoms with Crippen LogP contribution in [0.1, 0.15) is 30.2 Å². The van der Waals surface area contributed by atoms with E-state index in [9.17, 15) is 14.7 Å². The number of hydrogen-bond acceptors (Lipinski definition) is 5. The second kappa shape index (κ2) is 8.77. The number of rotatable bonds is 9. The number of hydrogen-bond donors (Lipinski definition) is 2. The van der Waals surface area contributed by atoms with Crippen LogP contribution in [0.3, 0.4) is 0 Å². The van der Waals surface area contributed by atoms with Gasteiger partial charge in [-0.05, 0) is 24.3 Å². The fourth-order valence-corrected chi connectivity index (χ4v) is 2.48. The number of carbonyl (C=O) groups is 2. The lowest BCUT2D eigenvalue weighted by molar-refractivity contribution is -0.137. The van der Waals surface area contributed by atoms with E-state index >= 15 is 0 Å². The minimum absolute atomic E-state index is 0.197. The van der Waals surface area contributed by atoms with E-state index < -0.39 is 12.0 Å². The minimum Gasteiger partial charge on any atom is -0.497 e. The van der Waals surface area contributed by atoms with Crippen LogP contribution in [0.2, 0.25) is 0 Å². The van der Waals surface area contributed by atoms with Crippen LogP contribution in [0.15, 0.2) is 41.0 Å². The molecular formula is C18H21NO6. The smallest absolute Gasteiger partial charge is 0.305 e. The third-order valence-corrected chi connectivity index (χ3v) is 3.71. The fraction of sp³-hybridized carbons (Fsp3) is 0.333. The average molecular weight is 347 g/mol. The highest BCUT2D eigenvalue weighted by atomic mass is 16.5. The SMILES string of the molecule is COc1ccc(C(CC(=O)O)NC(=O)CCc2ccco2)c(OC)c1. The monoisotopic (exact) mass is 347 g/mol. The second-order valence-corrected chi connectivity index (χ2v) is 5.41. The standard InChI is InChI=1S/C18H21NO6/c1-23-13-5-7-14(16(10-13)24-2)15(11-18(21)22)19-17(20)8-6-12-4-3-9-25-12/h3-5,7,9-10,15H,6,8,11H2,1-2H3,(H,19,20)(H,21,22). The molecule has 1 atom stereocenters. The van der Waals surface area contributed by atoms with Gasteiger partial charge in [0.15, 0.2) is 0 Å². The molecule has 0 spiro atoms. The number of aryl methyl sites for hydroxylation is 1. The topological polar surface area (TPSA) is 98.0 Å². The predicted molar refractivity (Wildman–Crippen MR) is 89.7 cm³/mol. The lowest BCUT2D eigenvalue weighted by atomic mass is 10.0. The lowest BCUT2D eigenvalue weighted by Gasteiger charge is -2.20. The maximum atomic E-state index is 12.2. The number of nitrogens with one attached hydrogen (secondary N) is 1. The van der Waals surface area contributed by atoms with Crippen molar-refractivity contribution in [1.82, 2.24) is 5.32 Å². The van der Waals surface area contributed by atoms with E-state index in [-0.39, 0.29) is 18.7 Å². The molecule has 0 bridgehead atoms. The first kappa shape index (κ1) is 18.4. The summed E-state index contributed by atoms with van der Waals surface area (Å²) in [7, 11) is 3.01. The van der Waals surface area contributed by atoms with E-state index in [1.165, 1.54) is 14.2 Å². The van der Waals surface area contributed by atoms with E-state index in [0.717, 1.165) is 0 Å². The summed E-state index contributed by atoms with van der Waals surface area (Å²) in [4.78, 5) is 23.4. The zero-order valence-electron chi connectivity index (χ0n) is 14.2. The Hall–Kier alpha value is -2.96. The van der Waals surface area contributed by atoms with Gasteiger partial charge in [-0.2, -0.15) is 0 Å². The summed E-state index contributed by atoms with van der Waals surface area (Å²) < 4.78 is 15.6. The summed E-state index contributed by atoms with van der Waals surface area (Å²) in [5.41, 5.74) is 0.581. The molecule has 134 valence electrons. The van der Waals surface area contributed by atoms with Crippen LogP contribution in [0.4, 0.5) is 0 Å². The van der Waals surface area contributed by atoms with Crippen molar-refractivity contribution in [2.75, 3.05) is 14.2 Å². The quantitative estimate of drug-likeness (QED) is 0.723. The van der Waals surface area contributed by atoms with Gasteiger partial charge < -0.3 is 24.3 Å². The molecule has 0 saturated heterocycles. The number of aliphatic carboxylic acids is 1. The first-order valence-electron chi connectivity index (χ1n) is 7.79. The second-order valence-electron chi connectivity index (χ2n) is 5.41. The molecule has 0 aliphatic rings. The number of amides is 1. The summed E-state index contributed by atoms with van der Waals surface area (Å²) in [6.07, 6.45) is 1.93. The molecule has 0 saturated carbocycles. The van der Waals surface area contributed by atoms with Gasteiger partial charge in [-0.1, -0.05) is 0 Å². The van der Waals surface area contributed by atoms with Crippen molar-refractivity contribution in [1.29, 1.82) is 0 Å². The minimum atomic E-state index is -1.02. The fourth-order valence-electron chi connectivity index (χ4n) is 2.48. The number of carbonyl (C=O) groups excluding carboxylic acids is 1. The van der Waals surface area contributed by atoms with Gasteiger partial charge in [-0.15, -0.1) is 0 Å². The summed E-state index contributed by atoms with van der Waals surface area (Å²) in [6, 6.07) is 7.87. The van der Waals surface area contributed by atoms with Gasteiger partial charge in [0.25, 0.3) is 0 Å². The molecule has 0 aliphatic carbocycles. The Labute approximate surface area is 145 Å². The zero-order chi connectivity index (χ0) is 18.2. The van der Waals surface area contributed by atoms with Crippen LogP contribution in [-0.4, -0.2) is 31.2 Å². The van der Waals surface area contributed by atoms with E-state index in [1.54, 1.807) is 36.6 Å². The van der Waals surface area contributed by atoms with Crippen LogP contribution >= 0.6 is 0 Å². The van der Waals surface area contributed by atoms with Crippen molar-refractivity contribution in [2.45, 2.75) is 25.3 Å². The van der Waals surface area contributed by atoms with Gasteiger partial charge >= 0.3 is 5.97 Å². The molecular weight excluding hydrogens is 326 g/mol. The van der Waals surface area contributed by atoms with Gasteiger partial charge in [0.05, 0.1) is 32.9 Å². The molecule has 0 aliphatic heterocycles. The highest BCUT2D eigenvalue weighted by Crippen LogP contribution is 2.31. The average Bonchev–Trinajstić information content (AvgIpc) is 3.12. The van der Waals surface area contributed by atoms with Crippen LogP contribution in [0.5, 0.6) is 11.5 Å². The van der Waals surface area contributed by atoms with E-state index in [2.05, 4.69) is 5.32 Å². The zero-order valence-corrected chi connectivity index (χ0v) is 14.2. The van der Waals surface area contributed by atoms with Gasteiger partial charge in [-0.3, -0.25) is 9.59 Å². The molecule has 1 amide bonds. The Morgan fingerprint density at radius 1 is 1.24 bits per heavy atom. The van der Waals surface area contributed by atoms with Gasteiger partial charge in [0.1, 0.15) is 17.3 Å². The lowest BCUT2D eigenvalue weighted by Crippen LogP contribution is -2.30. The molecule has 0 radical (unpaired) electrons. The molecule has 1 unspecified atom stereocenters. The highest BCUT2D eigenvalue weighted by Gasteiger charge is 2.22. The maximum Gasteiger partial charge on any atom is 0.305 e. The van der Waals surface area contributed by atoms with Crippen molar-refractivity contribution in [3.63, 3.8) is 0 Å². The molecule has 1 heterocycles. The number of methoxy groups -OCH3 is 2. The third kappa shape index (κ3) is 5.27. The summed E-state index contributed by atoms with van der Waals surface area (Å²) in [6.45, 7) is 0. The molecule has 7 nitrogen and oxygen atoms in total. The summed E-state index contributed by atoms with van der Waals surface area (Å²) in [5, 5.41) is 11.9. The first-order valence-corrected chi connectivity index (χ1v) is 7.79. The van der Waals surface area contributed by atoms with E-state index in [4.69, 9.17) is 13.9 Å². The Balaban J connectivity index is 2.12. The van der Waals surface area contributed by atoms with Crippen molar-refractivity contribution in [3.05, 3.63) is 47.9 Å². The van der Waals surface area contributed by atoms with Crippen LogP contribution < -0.4 is 14.8 Å². The van der Waals surface area contributed by atoms with Crippen molar-refractivity contribution in [3.8, 4) is 11.5 Å². The number of carboxylic acids is 1. The van der Waals surface area contributed by atoms with Crippen LogP contribution in [0.25, 0.3) is 0 Å². The number of carboxylic acid groups (broad SMARTS) is 1. The van der Waals surface area contributed by atoms with E-state index in [0.29, 0.717) is 29.2 Å². The molecule has 1 aromatic carbocycles. The maximum absolute atomic E-state index is 12.2. The number of ether oxygens (including phenoxy) is 2. The number of benzene rings is 1.